The second-order valence-corrected chi connectivity index (χ2v) is 3.03. The number of pyridine rings is 1. The third-order valence-corrected chi connectivity index (χ3v) is 2.02. The Balaban J connectivity index is 2.46. The van der Waals surface area contributed by atoms with Crippen LogP contribution in [-0.2, 0) is 5.11 Å². The normalized spacial score (nSPS) is 11.2. The number of para-hydroxylation sites is 1. The Hall–Kier alpha value is -1.67. The lowest BCUT2D eigenvalue weighted by Gasteiger charge is -1.97. The van der Waals surface area contributed by atoms with Crippen LogP contribution in [0.3, 0.4) is 0 Å². The molecule has 0 aliphatic carbocycles. The lowest BCUT2D eigenvalue weighted by atomic mass is 10.1. The molecule has 0 bridgehead atoms. The second-order valence-electron chi connectivity index (χ2n) is 3.03. The summed E-state index contributed by atoms with van der Waals surface area (Å²) in [5, 5.41) is 11.4. The molecule has 0 atom stereocenters. The zero-order valence-electron chi connectivity index (χ0n) is 7.68. The predicted octanol–water partition coefficient (Wildman–Crippen LogP) is 2.68. The van der Waals surface area contributed by atoms with Gasteiger partial charge in [-0.2, -0.15) is 0 Å². The molecule has 0 amide bonds. The average Bonchev–Trinajstić information content (AvgIpc) is 2.26. The van der Waals surface area contributed by atoms with Crippen LogP contribution in [0, 0.1) is 0 Å². The van der Waals surface area contributed by atoms with E-state index in [9.17, 15) is 5.11 Å². The number of hydrogen-bond acceptors (Lipinski definition) is 1. The van der Waals surface area contributed by atoms with Gasteiger partial charge < -0.3 is 0 Å². The molecule has 69 valence electrons. The first kappa shape index (κ1) is 8.91. The fraction of sp³-hybridized carbons (Fsp3) is 0.0833. The molecule has 0 N–H and O–H groups in total. The van der Waals surface area contributed by atoms with Crippen LogP contribution in [0.2, 0.25) is 0 Å². The number of aromatic nitrogens is 1. The van der Waals surface area contributed by atoms with Crippen LogP contribution in [-0.4, -0.2) is 11.6 Å². The van der Waals surface area contributed by atoms with Gasteiger partial charge in [0, 0.05) is 11.6 Å². The van der Waals surface area contributed by atoms with Crippen molar-refractivity contribution in [3.63, 3.8) is 0 Å². The summed E-state index contributed by atoms with van der Waals surface area (Å²) in [6.45, 7) is -0.188. The third kappa shape index (κ3) is 1.80. The molecule has 0 aliphatic rings. The molecule has 14 heavy (non-hydrogen) atoms. The molecular formula is C12H10NO. The maximum atomic E-state index is 10.3. The van der Waals surface area contributed by atoms with E-state index < -0.39 is 0 Å². The molecule has 0 saturated carbocycles. The van der Waals surface area contributed by atoms with E-state index in [2.05, 4.69) is 4.98 Å². The topological polar surface area (TPSA) is 32.8 Å². The predicted molar refractivity (Wildman–Crippen MR) is 56.3 cm³/mol. The van der Waals surface area contributed by atoms with Crippen molar-refractivity contribution in [3.05, 3.63) is 48.2 Å². The van der Waals surface area contributed by atoms with Crippen LogP contribution in [0.15, 0.2) is 42.6 Å². The summed E-state index contributed by atoms with van der Waals surface area (Å²) in [6.07, 6.45) is 5.16. The zero-order valence-corrected chi connectivity index (χ0v) is 7.68. The first-order chi connectivity index (χ1) is 6.90. The Bertz CT molecular complexity index is 463. The molecule has 1 radical (unpaired) electrons. The van der Waals surface area contributed by atoms with Crippen molar-refractivity contribution in [2.45, 2.75) is 0 Å². The first-order valence-electron chi connectivity index (χ1n) is 4.49. The lowest BCUT2D eigenvalue weighted by molar-refractivity contribution is 0.233. The zero-order chi connectivity index (χ0) is 9.80. The molecule has 0 spiro atoms. The first-order valence-corrected chi connectivity index (χ1v) is 4.49. The van der Waals surface area contributed by atoms with Crippen molar-refractivity contribution in [1.29, 1.82) is 0 Å². The molecule has 1 aromatic carbocycles. The Labute approximate surface area is 82.5 Å². The molecule has 0 aliphatic heterocycles. The summed E-state index contributed by atoms with van der Waals surface area (Å²) in [6, 6.07) is 9.94. The fourth-order valence-corrected chi connectivity index (χ4v) is 1.36. The Kier molecular flexibility index (Phi) is 2.56. The number of nitrogens with zero attached hydrogens (tertiary/aromatic N) is 1. The van der Waals surface area contributed by atoms with E-state index in [1.54, 1.807) is 18.3 Å². The quantitative estimate of drug-likeness (QED) is 0.706. The highest BCUT2D eigenvalue weighted by atomic mass is 16.2. The van der Waals surface area contributed by atoms with E-state index in [0.717, 1.165) is 16.5 Å². The largest absolute Gasteiger partial charge is 0.256 e. The summed E-state index contributed by atoms with van der Waals surface area (Å²) < 4.78 is 0. The molecule has 0 unspecified atom stereocenters. The van der Waals surface area contributed by atoms with Crippen molar-refractivity contribution in [1.82, 2.24) is 4.98 Å². The molecule has 0 saturated heterocycles. The van der Waals surface area contributed by atoms with Gasteiger partial charge in [0.05, 0.1) is 5.52 Å². The van der Waals surface area contributed by atoms with E-state index in [1.807, 2.05) is 30.3 Å². The highest BCUT2D eigenvalue weighted by Crippen LogP contribution is 2.13. The average molecular weight is 184 g/mol. The van der Waals surface area contributed by atoms with Crippen molar-refractivity contribution < 1.29 is 5.11 Å². The van der Waals surface area contributed by atoms with Crippen LogP contribution >= 0.6 is 0 Å². The summed E-state index contributed by atoms with van der Waals surface area (Å²) in [7, 11) is 0. The highest BCUT2D eigenvalue weighted by Gasteiger charge is 1.93. The molecule has 2 heteroatoms. The van der Waals surface area contributed by atoms with E-state index in [0.29, 0.717) is 0 Å². The van der Waals surface area contributed by atoms with Gasteiger partial charge in [0.2, 0.25) is 0 Å². The number of fused-ring (bicyclic) bond motifs is 1. The van der Waals surface area contributed by atoms with Gasteiger partial charge >= 0.3 is 0 Å². The van der Waals surface area contributed by atoms with Crippen LogP contribution in [0.4, 0.5) is 0 Å². The molecule has 2 nitrogen and oxygen atoms in total. The smallest absolute Gasteiger partial charge is 0.101 e. The van der Waals surface area contributed by atoms with Gasteiger partial charge in [-0.15, -0.1) is 0 Å². The summed E-state index contributed by atoms with van der Waals surface area (Å²) >= 11 is 0. The van der Waals surface area contributed by atoms with Crippen LogP contribution in [0.25, 0.3) is 17.0 Å². The Morgan fingerprint density at radius 1 is 1.29 bits per heavy atom. The van der Waals surface area contributed by atoms with Crippen LogP contribution < -0.4 is 0 Å². The highest BCUT2D eigenvalue weighted by molar-refractivity contribution is 5.80. The third-order valence-electron chi connectivity index (χ3n) is 2.02. The maximum absolute atomic E-state index is 10.3. The van der Waals surface area contributed by atoms with Gasteiger partial charge in [-0.1, -0.05) is 30.4 Å². The van der Waals surface area contributed by atoms with E-state index in [4.69, 9.17) is 0 Å². The number of benzene rings is 1. The van der Waals surface area contributed by atoms with Gasteiger partial charge in [-0.05, 0) is 17.7 Å². The number of rotatable bonds is 2. The second kappa shape index (κ2) is 4.03. The molecule has 2 aromatic rings. The Morgan fingerprint density at radius 2 is 2.14 bits per heavy atom. The van der Waals surface area contributed by atoms with E-state index >= 15 is 0 Å². The van der Waals surface area contributed by atoms with Crippen molar-refractivity contribution in [2.75, 3.05) is 6.61 Å². The summed E-state index contributed by atoms with van der Waals surface area (Å²) in [5.41, 5.74) is 1.95. The minimum Gasteiger partial charge on any atom is -0.256 e. The standard InChI is InChI=1S/C12H10NO/c14-7-3-4-10-8-11-5-1-2-6-12(11)13-9-10/h1-6,8-9H,7H2. The molecule has 0 fully saturated rings. The minimum absolute atomic E-state index is 0.188. The van der Waals surface area contributed by atoms with E-state index in [-0.39, 0.29) is 6.61 Å². The van der Waals surface area contributed by atoms with Gasteiger partial charge in [-0.3, -0.25) is 4.98 Å². The van der Waals surface area contributed by atoms with Gasteiger partial charge in [0.15, 0.2) is 0 Å². The molecular weight excluding hydrogens is 174 g/mol. The molecule has 1 aromatic heterocycles. The maximum Gasteiger partial charge on any atom is 0.101 e. The van der Waals surface area contributed by atoms with E-state index in [1.165, 1.54) is 0 Å². The monoisotopic (exact) mass is 184 g/mol. The molecule has 2 rings (SSSR count). The number of hydrogen-bond donors (Lipinski definition) is 0. The van der Waals surface area contributed by atoms with Crippen LogP contribution in [0.5, 0.6) is 0 Å². The lowest BCUT2D eigenvalue weighted by Crippen LogP contribution is -1.80. The summed E-state index contributed by atoms with van der Waals surface area (Å²) in [5.74, 6) is 0. The minimum atomic E-state index is -0.188. The van der Waals surface area contributed by atoms with Crippen molar-refractivity contribution in [2.24, 2.45) is 0 Å². The summed E-state index contributed by atoms with van der Waals surface area (Å²) in [4.78, 5) is 4.28. The van der Waals surface area contributed by atoms with Crippen molar-refractivity contribution in [3.8, 4) is 0 Å². The fourth-order valence-electron chi connectivity index (χ4n) is 1.36. The molecule has 1 heterocycles. The van der Waals surface area contributed by atoms with Gasteiger partial charge in [-0.25, -0.2) is 5.11 Å². The Morgan fingerprint density at radius 3 is 3.00 bits per heavy atom. The SMILES string of the molecule is [O]CC=Cc1cnc2ccccc2c1. The van der Waals surface area contributed by atoms with Gasteiger partial charge in [0.1, 0.15) is 6.61 Å². The van der Waals surface area contributed by atoms with Crippen molar-refractivity contribution >= 4 is 17.0 Å². The van der Waals surface area contributed by atoms with Crippen LogP contribution in [0.1, 0.15) is 5.56 Å². The van der Waals surface area contributed by atoms with Gasteiger partial charge in [0.25, 0.3) is 0 Å².